The highest BCUT2D eigenvalue weighted by Crippen LogP contribution is 2.37. The summed E-state index contributed by atoms with van der Waals surface area (Å²) in [6.45, 7) is 3.61. The van der Waals surface area contributed by atoms with Crippen molar-refractivity contribution in [3.05, 3.63) is 36.0 Å². The van der Waals surface area contributed by atoms with Crippen LogP contribution < -0.4 is 10.6 Å². The maximum atomic E-state index is 14.6. The van der Waals surface area contributed by atoms with E-state index >= 15 is 0 Å². The topological polar surface area (TPSA) is 111 Å². The molecule has 42 heavy (non-hydrogen) atoms. The van der Waals surface area contributed by atoms with Crippen molar-refractivity contribution >= 4 is 34.7 Å². The summed E-state index contributed by atoms with van der Waals surface area (Å²) >= 11 is 0. The maximum absolute atomic E-state index is 14.6. The molecule has 0 radical (unpaired) electrons. The summed E-state index contributed by atoms with van der Waals surface area (Å²) in [7, 11) is 2.09. The molecule has 2 aliphatic carbocycles. The molecule has 0 unspecified atom stereocenters. The molecule has 2 saturated carbocycles. The zero-order valence-corrected chi connectivity index (χ0v) is 24.1. The van der Waals surface area contributed by atoms with Crippen molar-refractivity contribution in [3.63, 3.8) is 0 Å². The van der Waals surface area contributed by atoms with E-state index < -0.39 is 11.6 Å². The Morgan fingerprint density at radius 1 is 0.976 bits per heavy atom. The number of imidazole rings is 1. The summed E-state index contributed by atoms with van der Waals surface area (Å²) in [6.07, 6.45) is 8.31. The minimum Gasteiger partial charge on any atom is -0.396 e. The molecular weight excluding hydrogens is 542 g/mol. The highest BCUT2D eigenvalue weighted by Gasteiger charge is 2.32. The largest absolute Gasteiger partial charge is 0.396 e. The Labute approximate surface area is 244 Å². The van der Waals surface area contributed by atoms with Gasteiger partial charge >= 0.3 is 0 Å². The number of carbonyl (C=O) groups excluding carboxylic acids is 1. The highest BCUT2D eigenvalue weighted by atomic mass is 19.1. The first-order valence-corrected chi connectivity index (χ1v) is 15.2. The normalized spacial score (nSPS) is 25.5. The van der Waals surface area contributed by atoms with E-state index in [4.69, 9.17) is 4.98 Å². The van der Waals surface area contributed by atoms with Crippen LogP contribution in [0.4, 0.5) is 26.4 Å². The van der Waals surface area contributed by atoms with Crippen LogP contribution in [0.1, 0.15) is 57.4 Å². The molecule has 1 aromatic carbocycles. The van der Waals surface area contributed by atoms with Gasteiger partial charge in [0.2, 0.25) is 17.8 Å². The molecule has 3 heterocycles. The van der Waals surface area contributed by atoms with Gasteiger partial charge in [-0.2, -0.15) is 4.98 Å². The van der Waals surface area contributed by atoms with Gasteiger partial charge in [-0.1, -0.05) is 6.07 Å². The summed E-state index contributed by atoms with van der Waals surface area (Å²) < 4.78 is 31.0. The Morgan fingerprint density at radius 2 is 1.67 bits per heavy atom. The van der Waals surface area contributed by atoms with Crippen LogP contribution in [0, 0.1) is 23.5 Å². The first kappa shape index (κ1) is 28.7. The van der Waals surface area contributed by atoms with Crippen molar-refractivity contribution in [1.82, 2.24) is 29.3 Å². The fraction of sp³-hybridized carbons (Fsp3) is 0.600. The number of carbonyl (C=O) groups is 1. The molecule has 12 heteroatoms. The van der Waals surface area contributed by atoms with E-state index in [1.165, 1.54) is 18.2 Å². The molecule has 1 aliphatic heterocycles. The number of aliphatic hydroxyl groups excluding tert-OH is 1. The molecule has 226 valence electrons. The molecule has 3 aliphatic rings. The second kappa shape index (κ2) is 12.5. The Kier molecular flexibility index (Phi) is 8.53. The second-order valence-electron chi connectivity index (χ2n) is 12.1. The molecular formula is C30H40F2N8O2. The molecule has 6 rings (SSSR count). The standard InChI is InChI=1S/C30H40F2N8O2/c1-38-13-15-39(16-14-38)28(42)20-7-9-21(10-8-20)34-29-33-17-25-27(37-29)40(22-11-5-19(18-41)6-12-22)30(35-25)36-26-23(31)3-2-4-24(26)32/h2-4,17,19-22,41H,5-16,18H2,1H3,(H,35,36)(H,33,34,37)/t19-,20-,21-,22+. The zero-order valence-electron chi connectivity index (χ0n) is 24.1. The average molecular weight is 583 g/mol. The molecule has 3 fully saturated rings. The van der Waals surface area contributed by atoms with Crippen molar-refractivity contribution < 1.29 is 18.7 Å². The van der Waals surface area contributed by atoms with Crippen molar-refractivity contribution in [3.8, 4) is 0 Å². The van der Waals surface area contributed by atoms with Gasteiger partial charge in [-0.25, -0.2) is 18.7 Å². The van der Waals surface area contributed by atoms with Crippen LogP contribution in [0.2, 0.25) is 0 Å². The summed E-state index contributed by atoms with van der Waals surface area (Å²) in [5, 5.41) is 16.0. The quantitative estimate of drug-likeness (QED) is 0.378. The van der Waals surface area contributed by atoms with Gasteiger partial charge in [-0.05, 0) is 76.5 Å². The van der Waals surface area contributed by atoms with Crippen LogP contribution in [0.15, 0.2) is 24.4 Å². The number of hydrogen-bond acceptors (Lipinski definition) is 8. The maximum Gasteiger partial charge on any atom is 0.225 e. The Balaban J connectivity index is 1.19. The van der Waals surface area contributed by atoms with Gasteiger partial charge in [0.1, 0.15) is 22.8 Å². The van der Waals surface area contributed by atoms with Gasteiger partial charge in [-0.15, -0.1) is 0 Å². The molecule has 0 bridgehead atoms. The lowest BCUT2D eigenvalue weighted by Crippen LogP contribution is -2.49. The van der Waals surface area contributed by atoms with Crippen LogP contribution in [0.3, 0.4) is 0 Å². The number of amides is 1. The van der Waals surface area contributed by atoms with Crippen molar-refractivity contribution in [2.24, 2.45) is 11.8 Å². The van der Waals surface area contributed by atoms with Crippen LogP contribution in [0.5, 0.6) is 0 Å². The minimum absolute atomic E-state index is 0.00825. The number of fused-ring (bicyclic) bond motifs is 1. The predicted octanol–water partition coefficient (Wildman–Crippen LogP) is 4.32. The van der Waals surface area contributed by atoms with E-state index in [2.05, 4.69) is 32.5 Å². The highest BCUT2D eigenvalue weighted by molar-refractivity contribution is 5.79. The van der Waals surface area contributed by atoms with Crippen molar-refractivity contribution in [1.29, 1.82) is 0 Å². The summed E-state index contributed by atoms with van der Waals surface area (Å²) in [6, 6.07) is 3.91. The fourth-order valence-electron chi connectivity index (χ4n) is 6.66. The Bertz CT molecular complexity index is 1370. The number of piperazine rings is 1. The lowest BCUT2D eigenvalue weighted by Gasteiger charge is -2.36. The molecule has 1 amide bonds. The van der Waals surface area contributed by atoms with Crippen molar-refractivity contribution in [2.75, 3.05) is 50.5 Å². The molecule has 2 aromatic heterocycles. The van der Waals surface area contributed by atoms with E-state index in [1.807, 2.05) is 9.47 Å². The molecule has 3 N–H and O–H groups in total. The van der Waals surface area contributed by atoms with Crippen LogP contribution in [-0.2, 0) is 4.79 Å². The third kappa shape index (κ3) is 6.05. The number of benzene rings is 1. The van der Waals surface area contributed by atoms with Crippen molar-refractivity contribution in [2.45, 2.75) is 63.5 Å². The predicted molar refractivity (Wildman–Crippen MR) is 156 cm³/mol. The van der Waals surface area contributed by atoms with Crippen LogP contribution in [0.25, 0.3) is 11.2 Å². The smallest absolute Gasteiger partial charge is 0.225 e. The van der Waals surface area contributed by atoms with Crippen LogP contribution in [-0.4, -0.2) is 86.2 Å². The SMILES string of the molecule is CN1CCN(C(=O)[C@H]2CC[C@H](Nc3ncc4nc(Nc5c(F)cccc5F)n([C@H]5CC[C@@H](CO)CC5)c4n3)CC2)CC1. The number of halogens is 2. The Morgan fingerprint density at radius 3 is 2.33 bits per heavy atom. The monoisotopic (exact) mass is 582 g/mol. The van der Waals surface area contributed by atoms with E-state index in [0.717, 1.165) is 77.5 Å². The molecule has 3 aromatic rings. The van der Waals surface area contributed by atoms with Gasteiger partial charge < -0.3 is 25.5 Å². The van der Waals surface area contributed by atoms with Gasteiger partial charge in [-0.3, -0.25) is 9.36 Å². The third-order valence-corrected chi connectivity index (χ3v) is 9.30. The lowest BCUT2D eigenvalue weighted by atomic mass is 9.85. The third-order valence-electron chi connectivity index (χ3n) is 9.30. The van der Waals surface area contributed by atoms with E-state index in [1.54, 1.807) is 6.20 Å². The second-order valence-corrected chi connectivity index (χ2v) is 12.1. The van der Waals surface area contributed by atoms with Gasteiger partial charge in [0.25, 0.3) is 0 Å². The number of nitrogens with one attached hydrogen (secondary N) is 2. The fourth-order valence-corrected chi connectivity index (χ4v) is 6.66. The number of likely N-dealkylation sites (N-methyl/N-ethyl adjacent to an activating group) is 1. The van der Waals surface area contributed by atoms with E-state index in [0.29, 0.717) is 23.1 Å². The number of hydrogen-bond donors (Lipinski definition) is 3. The lowest BCUT2D eigenvalue weighted by molar-refractivity contribution is -0.138. The van der Waals surface area contributed by atoms with Gasteiger partial charge in [0.05, 0.1) is 6.20 Å². The number of anilines is 3. The summed E-state index contributed by atoms with van der Waals surface area (Å²) in [4.78, 5) is 31.3. The number of aromatic nitrogens is 4. The van der Waals surface area contributed by atoms with Gasteiger partial charge in [0.15, 0.2) is 5.65 Å². The van der Waals surface area contributed by atoms with E-state index in [9.17, 15) is 18.7 Å². The number of rotatable bonds is 7. The number of para-hydroxylation sites is 1. The Hall–Kier alpha value is -3.38. The minimum atomic E-state index is -0.701. The number of aliphatic hydroxyl groups is 1. The molecule has 1 saturated heterocycles. The first-order chi connectivity index (χ1) is 20.4. The summed E-state index contributed by atoms with van der Waals surface area (Å²) in [5.41, 5.74) is 0.871. The molecule has 10 nitrogen and oxygen atoms in total. The average Bonchev–Trinajstić information content (AvgIpc) is 3.37. The first-order valence-electron chi connectivity index (χ1n) is 15.2. The molecule has 0 spiro atoms. The summed E-state index contributed by atoms with van der Waals surface area (Å²) in [5.74, 6) is -0.00820. The molecule has 0 atom stereocenters. The van der Waals surface area contributed by atoms with Gasteiger partial charge in [0, 0.05) is 50.8 Å². The van der Waals surface area contributed by atoms with E-state index in [-0.39, 0.29) is 42.1 Å². The zero-order chi connectivity index (χ0) is 29.2. The van der Waals surface area contributed by atoms with Crippen LogP contribution >= 0.6 is 0 Å². The number of nitrogens with zero attached hydrogens (tertiary/aromatic N) is 6.